The first-order valence-electron chi connectivity index (χ1n) is 9.18. The van der Waals surface area contributed by atoms with Crippen molar-refractivity contribution >= 4 is 28.2 Å². The minimum atomic E-state index is -0.487. The summed E-state index contributed by atoms with van der Waals surface area (Å²) in [6.45, 7) is 5.71. The number of esters is 1. The van der Waals surface area contributed by atoms with E-state index in [-0.39, 0.29) is 12.5 Å². The van der Waals surface area contributed by atoms with E-state index in [1.165, 1.54) is 18.4 Å². The monoisotopic (exact) mass is 409 g/mol. The first-order valence-corrected chi connectivity index (χ1v) is 10.00. The molecule has 29 heavy (non-hydrogen) atoms. The van der Waals surface area contributed by atoms with Crippen LogP contribution >= 0.6 is 11.3 Å². The summed E-state index contributed by atoms with van der Waals surface area (Å²) in [5, 5.41) is 3.28. The molecular formula is C23H23NO4S. The Hall–Kier alpha value is -3.12. The van der Waals surface area contributed by atoms with E-state index in [1.54, 1.807) is 0 Å². The van der Waals surface area contributed by atoms with Crippen LogP contribution in [0, 0.1) is 20.8 Å². The van der Waals surface area contributed by atoms with Gasteiger partial charge in [0.05, 0.1) is 7.11 Å². The van der Waals surface area contributed by atoms with Crippen molar-refractivity contribution in [3.05, 3.63) is 70.1 Å². The summed E-state index contributed by atoms with van der Waals surface area (Å²) in [6.07, 6.45) is 0. The fraction of sp³-hybridized carbons (Fsp3) is 0.217. The number of methoxy groups -OCH3 is 1. The van der Waals surface area contributed by atoms with Crippen LogP contribution in [0.1, 0.15) is 26.4 Å². The molecule has 0 fully saturated rings. The van der Waals surface area contributed by atoms with Crippen molar-refractivity contribution in [2.24, 2.45) is 0 Å². The summed E-state index contributed by atoms with van der Waals surface area (Å²) in [6, 6.07) is 15.3. The second kappa shape index (κ2) is 8.92. The molecule has 150 valence electrons. The van der Waals surface area contributed by atoms with Crippen LogP contribution in [0.2, 0.25) is 0 Å². The van der Waals surface area contributed by atoms with Gasteiger partial charge in [-0.15, -0.1) is 11.3 Å². The lowest BCUT2D eigenvalue weighted by Gasteiger charge is -2.11. The van der Waals surface area contributed by atoms with Crippen molar-refractivity contribution in [1.82, 2.24) is 0 Å². The molecule has 0 aliphatic rings. The maximum atomic E-state index is 12.5. The summed E-state index contributed by atoms with van der Waals surface area (Å²) >= 11 is 1.35. The van der Waals surface area contributed by atoms with E-state index in [9.17, 15) is 9.59 Å². The summed E-state index contributed by atoms with van der Waals surface area (Å²) in [5.41, 5.74) is 4.12. The van der Waals surface area contributed by atoms with Gasteiger partial charge in [0.25, 0.3) is 5.91 Å². The fourth-order valence-corrected chi connectivity index (χ4v) is 4.15. The Morgan fingerprint density at radius 3 is 2.41 bits per heavy atom. The highest BCUT2D eigenvalue weighted by Gasteiger charge is 2.25. The Kier molecular flexibility index (Phi) is 6.34. The number of carbonyl (C=O) groups excluding carboxylic acids is 2. The molecule has 0 atom stereocenters. The smallest absolute Gasteiger partial charge is 0.341 e. The molecule has 5 nitrogen and oxygen atoms in total. The lowest BCUT2D eigenvalue weighted by Crippen LogP contribution is -2.21. The Morgan fingerprint density at radius 2 is 1.72 bits per heavy atom. The van der Waals surface area contributed by atoms with Gasteiger partial charge in [-0.3, -0.25) is 4.79 Å². The number of thiophene rings is 1. The van der Waals surface area contributed by atoms with E-state index in [4.69, 9.17) is 9.47 Å². The van der Waals surface area contributed by atoms with Crippen molar-refractivity contribution in [3.63, 3.8) is 0 Å². The van der Waals surface area contributed by atoms with E-state index in [0.29, 0.717) is 16.3 Å². The fourth-order valence-electron chi connectivity index (χ4n) is 3.07. The van der Waals surface area contributed by atoms with Crippen LogP contribution in [0.3, 0.4) is 0 Å². The predicted molar refractivity (Wildman–Crippen MR) is 116 cm³/mol. The third-order valence-electron chi connectivity index (χ3n) is 4.70. The molecule has 3 rings (SSSR count). The first kappa shape index (κ1) is 20.6. The Labute approximate surface area is 174 Å². The normalized spacial score (nSPS) is 10.5. The van der Waals surface area contributed by atoms with Crippen LogP contribution in [-0.4, -0.2) is 25.6 Å². The average Bonchev–Trinajstić information content (AvgIpc) is 3.04. The molecule has 0 aliphatic heterocycles. The molecule has 0 spiro atoms. The van der Waals surface area contributed by atoms with Crippen molar-refractivity contribution in [2.75, 3.05) is 19.0 Å². The van der Waals surface area contributed by atoms with Gasteiger partial charge in [-0.05, 0) is 43.5 Å². The van der Waals surface area contributed by atoms with Crippen LogP contribution in [0.5, 0.6) is 5.75 Å². The van der Waals surface area contributed by atoms with Gasteiger partial charge in [0, 0.05) is 10.4 Å². The van der Waals surface area contributed by atoms with E-state index in [0.717, 1.165) is 27.1 Å². The molecule has 0 saturated heterocycles. The summed E-state index contributed by atoms with van der Waals surface area (Å²) in [7, 11) is 1.33. The standard InChI is InChI=1S/C23H23NO4S/c1-14-9-8-12-18(15(14)2)28-13-19(25)24-22-21(23(26)27-4)20(16(3)29-22)17-10-6-5-7-11-17/h5-12H,13H2,1-4H3,(H,24,25). The van der Waals surface area contributed by atoms with Crippen molar-refractivity contribution in [2.45, 2.75) is 20.8 Å². The van der Waals surface area contributed by atoms with Gasteiger partial charge in [0.2, 0.25) is 0 Å². The number of hydrogen-bond donors (Lipinski definition) is 1. The number of aryl methyl sites for hydroxylation is 2. The third kappa shape index (κ3) is 4.49. The highest BCUT2D eigenvalue weighted by molar-refractivity contribution is 7.17. The number of anilines is 1. The number of amides is 1. The van der Waals surface area contributed by atoms with Gasteiger partial charge in [-0.2, -0.15) is 0 Å². The Bertz CT molecular complexity index is 1040. The van der Waals surface area contributed by atoms with E-state index < -0.39 is 5.97 Å². The molecule has 0 saturated carbocycles. The minimum absolute atomic E-state index is 0.150. The van der Waals surface area contributed by atoms with Crippen LogP contribution in [0.4, 0.5) is 5.00 Å². The zero-order chi connectivity index (χ0) is 21.0. The first-order chi connectivity index (χ1) is 13.9. The number of hydrogen-bond acceptors (Lipinski definition) is 5. The van der Waals surface area contributed by atoms with Gasteiger partial charge in [-0.25, -0.2) is 4.79 Å². The maximum Gasteiger partial charge on any atom is 0.341 e. The lowest BCUT2D eigenvalue weighted by molar-refractivity contribution is -0.118. The summed E-state index contributed by atoms with van der Waals surface area (Å²) < 4.78 is 10.7. The highest BCUT2D eigenvalue weighted by Crippen LogP contribution is 2.40. The SMILES string of the molecule is COC(=O)c1c(NC(=O)COc2cccc(C)c2C)sc(C)c1-c1ccccc1. The van der Waals surface area contributed by atoms with E-state index in [1.807, 2.05) is 69.3 Å². The molecule has 0 unspecified atom stereocenters. The molecule has 0 aliphatic carbocycles. The van der Waals surface area contributed by atoms with Crippen LogP contribution in [0.15, 0.2) is 48.5 Å². The van der Waals surface area contributed by atoms with Crippen molar-refractivity contribution < 1.29 is 19.1 Å². The number of nitrogens with one attached hydrogen (secondary N) is 1. The maximum absolute atomic E-state index is 12.5. The minimum Gasteiger partial charge on any atom is -0.483 e. The van der Waals surface area contributed by atoms with Crippen LogP contribution < -0.4 is 10.1 Å². The number of rotatable bonds is 6. The second-order valence-electron chi connectivity index (χ2n) is 6.63. The molecule has 1 aromatic heterocycles. The Morgan fingerprint density at radius 1 is 1.00 bits per heavy atom. The average molecular weight is 410 g/mol. The molecule has 6 heteroatoms. The highest BCUT2D eigenvalue weighted by atomic mass is 32.1. The van der Waals surface area contributed by atoms with E-state index >= 15 is 0 Å². The summed E-state index contributed by atoms with van der Waals surface area (Å²) in [4.78, 5) is 25.9. The number of carbonyl (C=O) groups is 2. The van der Waals surface area contributed by atoms with E-state index in [2.05, 4.69) is 5.32 Å². The van der Waals surface area contributed by atoms with Gasteiger partial charge >= 0.3 is 5.97 Å². The van der Waals surface area contributed by atoms with Crippen LogP contribution in [-0.2, 0) is 9.53 Å². The topological polar surface area (TPSA) is 64.6 Å². The van der Waals surface area contributed by atoms with Gasteiger partial charge in [0.1, 0.15) is 16.3 Å². The quantitative estimate of drug-likeness (QED) is 0.572. The lowest BCUT2D eigenvalue weighted by atomic mass is 10.0. The predicted octanol–water partition coefficient (Wildman–Crippen LogP) is 5.14. The zero-order valence-corrected chi connectivity index (χ0v) is 17.7. The molecule has 3 aromatic rings. The van der Waals surface area contributed by atoms with Crippen molar-refractivity contribution in [1.29, 1.82) is 0 Å². The molecule has 1 amide bonds. The zero-order valence-electron chi connectivity index (χ0n) is 16.9. The molecule has 0 bridgehead atoms. The van der Waals surface area contributed by atoms with Crippen LogP contribution in [0.25, 0.3) is 11.1 Å². The number of ether oxygens (including phenoxy) is 2. The summed E-state index contributed by atoms with van der Waals surface area (Å²) in [5.74, 6) is -0.156. The molecule has 0 radical (unpaired) electrons. The molecule has 2 aromatic carbocycles. The molecule has 1 heterocycles. The number of benzene rings is 2. The van der Waals surface area contributed by atoms with Gasteiger partial charge < -0.3 is 14.8 Å². The molecular weight excluding hydrogens is 386 g/mol. The third-order valence-corrected chi connectivity index (χ3v) is 5.72. The second-order valence-corrected chi connectivity index (χ2v) is 7.85. The largest absolute Gasteiger partial charge is 0.483 e. The van der Waals surface area contributed by atoms with Gasteiger partial charge in [-0.1, -0.05) is 42.5 Å². The van der Waals surface area contributed by atoms with Crippen molar-refractivity contribution in [3.8, 4) is 16.9 Å². The van der Waals surface area contributed by atoms with Gasteiger partial charge in [0.15, 0.2) is 6.61 Å². The molecule has 1 N–H and O–H groups in total. The Balaban J connectivity index is 1.84.